The van der Waals surface area contributed by atoms with E-state index in [1.807, 2.05) is 0 Å². The molecular formula is C13H28N2O3S. The Balaban J connectivity index is 2.44. The van der Waals surface area contributed by atoms with Gasteiger partial charge >= 0.3 is 0 Å². The molecule has 0 spiro atoms. The first-order valence-corrected chi connectivity index (χ1v) is 8.58. The number of β-amino-alcohol motifs (C(OH)–C–C–N with tert-alkyl or cyclic N) is 1. The Labute approximate surface area is 117 Å². The molecular weight excluding hydrogens is 264 g/mol. The van der Waals surface area contributed by atoms with Gasteiger partial charge in [0.05, 0.1) is 10.9 Å². The van der Waals surface area contributed by atoms with E-state index < -0.39 is 15.6 Å². The van der Waals surface area contributed by atoms with Crippen molar-refractivity contribution in [3.8, 4) is 0 Å². The fraction of sp³-hybridized carbons (Fsp3) is 1.00. The molecule has 114 valence electrons. The number of nitrogens with one attached hydrogen (secondary N) is 1. The number of nitrogens with zero attached hydrogens (tertiary/aromatic N) is 1. The Morgan fingerprint density at radius 2 is 2.05 bits per heavy atom. The van der Waals surface area contributed by atoms with Crippen LogP contribution < -0.4 is 4.72 Å². The van der Waals surface area contributed by atoms with Crippen LogP contribution in [0, 0.1) is 5.92 Å². The quantitative estimate of drug-likeness (QED) is 0.760. The predicted octanol–water partition coefficient (Wildman–Crippen LogP) is 0.797. The molecule has 19 heavy (non-hydrogen) atoms. The van der Waals surface area contributed by atoms with Crippen LogP contribution in [0.3, 0.4) is 0 Å². The largest absolute Gasteiger partial charge is 0.389 e. The van der Waals surface area contributed by atoms with Crippen molar-refractivity contribution in [3.63, 3.8) is 0 Å². The van der Waals surface area contributed by atoms with E-state index in [2.05, 4.69) is 9.62 Å². The summed E-state index contributed by atoms with van der Waals surface area (Å²) in [5, 5.41) is 9.45. The molecule has 2 N–H and O–H groups in total. The summed E-state index contributed by atoms with van der Waals surface area (Å²) in [5.74, 6) is 0.338. The normalized spacial score (nSPS) is 22.9. The lowest BCUT2D eigenvalue weighted by molar-refractivity contribution is 0.0220. The zero-order chi connectivity index (χ0) is 14.7. The van der Waals surface area contributed by atoms with E-state index in [4.69, 9.17) is 0 Å². The molecule has 0 radical (unpaired) electrons. The van der Waals surface area contributed by atoms with Crippen LogP contribution in [-0.2, 0) is 10.0 Å². The smallest absolute Gasteiger partial charge is 0.213 e. The predicted molar refractivity (Wildman–Crippen MR) is 77.5 cm³/mol. The first-order chi connectivity index (χ1) is 8.60. The van der Waals surface area contributed by atoms with Gasteiger partial charge in [-0.1, -0.05) is 0 Å². The summed E-state index contributed by atoms with van der Waals surface area (Å²) in [6, 6.07) is 0. The molecule has 0 aromatic rings. The fourth-order valence-electron chi connectivity index (χ4n) is 2.41. The van der Waals surface area contributed by atoms with Gasteiger partial charge in [0.25, 0.3) is 0 Å². The van der Waals surface area contributed by atoms with Gasteiger partial charge in [0.2, 0.25) is 10.0 Å². The molecule has 0 unspecified atom stereocenters. The molecule has 1 heterocycles. The van der Waals surface area contributed by atoms with Crippen LogP contribution in [0.2, 0.25) is 0 Å². The van der Waals surface area contributed by atoms with Crippen molar-refractivity contribution in [1.82, 2.24) is 9.62 Å². The van der Waals surface area contributed by atoms with E-state index in [0.29, 0.717) is 19.0 Å². The highest BCUT2D eigenvalue weighted by molar-refractivity contribution is 7.90. The van der Waals surface area contributed by atoms with Crippen molar-refractivity contribution in [3.05, 3.63) is 0 Å². The minimum Gasteiger partial charge on any atom is -0.389 e. The number of piperidine rings is 1. The highest BCUT2D eigenvalue weighted by atomic mass is 32.2. The van der Waals surface area contributed by atoms with Gasteiger partial charge in [-0.2, -0.15) is 0 Å². The number of hydrogen-bond donors (Lipinski definition) is 2. The maximum Gasteiger partial charge on any atom is 0.213 e. The van der Waals surface area contributed by atoms with Gasteiger partial charge in [0, 0.05) is 19.6 Å². The molecule has 1 aliphatic rings. The molecule has 0 aliphatic carbocycles. The van der Waals surface area contributed by atoms with Crippen LogP contribution in [0.15, 0.2) is 0 Å². The summed E-state index contributed by atoms with van der Waals surface area (Å²) in [7, 11) is -3.17. The summed E-state index contributed by atoms with van der Waals surface area (Å²) >= 11 is 0. The monoisotopic (exact) mass is 292 g/mol. The number of likely N-dealkylation sites (tertiary alicyclic amines) is 1. The number of hydrogen-bond acceptors (Lipinski definition) is 4. The van der Waals surface area contributed by atoms with Crippen molar-refractivity contribution in [2.24, 2.45) is 5.92 Å². The van der Waals surface area contributed by atoms with E-state index in [9.17, 15) is 13.5 Å². The Kier molecular flexibility index (Phi) is 5.79. The van der Waals surface area contributed by atoms with Crippen molar-refractivity contribution in [1.29, 1.82) is 0 Å². The molecule has 0 bridgehead atoms. The van der Waals surface area contributed by atoms with Crippen molar-refractivity contribution in [2.75, 3.05) is 26.2 Å². The third-order valence-corrected chi connectivity index (χ3v) is 5.22. The number of sulfonamides is 1. The highest BCUT2D eigenvalue weighted by Crippen LogP contribution is 2.18. The Morgan fingerprint density at radius 1 is 1.42 bits per heavy atom. The second-order valence-electron chi connectivity index (χ2n) is 6.50. The minimum absolute atomic E-state index is 0.338. The molecule has 1 saturated heterocycles. The van der Waals surface area contributed by atoms with E-state index in [-0.39, 0.29) is 5.25 Å². The summed E-state index contributed by atoms with van der Waals surface area (Å²) in [6.07, 6.45) is 2.10. The average Bonchev–Trinajstić information content (AvgIpc) is 2.24. The lowest BCUT2D eigenvalue weighted by atomic mass is 9.97. The van der Waals surface area contributed by atoms with Gasteiger partial charge in [-0.15, -0.1) is 0 Å². The van der Waals surface area contributed by atoms with Crippen molar-refractivity contribution in [2.45, 2.75) is 51.4 Å². The van der Waals surface area contributed by atoms with Crippen LogP contribution >= 0.6 is 0 Å². The molecule has 1 aliphatic heterocycles. The first kappa shape index (κ1) is 16.9. The summed E-state index contributed by atoms with van der Waals surface area (Å²) in [6.45, 7) is 9.95. The molecule has 0 aromatic heterocycles. The Bertz CT molecular complexity index is 374. The maximum absolute atomic E-state index is 11.7. The van der Waals surface area contributed by atoms with Crippen LogP contribution in [0.4, 0.5) is 0 Å². The van der Waals surface area contributed by atoms with E-state index >= 15 is 0 Å². The van der Waals surface area contributed by atoms with Gasteiger partial charge in [-0.3, -0.25) is 0 Å². The molecule has 0 aromatic carbocycles. The van der Waals surface area contributed by atoms with Crippen LogP contribution in [0.5, 0.6) is 0 Å². The maximum atomic E-state index is 11.7. The zero-order valence-electron chi connectivity index (χ0n) is 12.5. The van der Waals surface area contributed by atoms with E-state index in [1.165, 1.54) is 0 Å². The number of rotatable bonds is 6. The lowest BCUT2D eigenvalue weighted by Crippen LogP contribution is -2.46. The first-order valence-electron chi connectivity index (χ1n) is 7.03. The van der Waals surface area contributed by atoms with Gasteiger partial charge in [-0.25, -0.2) is 13.1 Å². The van der Waals surface area contributed by atoms with Crippen molar-refractivity contribution < 1.29 is 13.5 Å². The Morgan fingerprint density at radius 3 is 2.58 bits per heavy atom. The highest BCUT2D eigenvalue weighted by Gasteiger charge is 2.26. The standard InChI is InChI=1S/C13H28N2O3S/c1-11(2)19(17,18)14-8-12-6-5-7-15(9-12)10-13(3,4)16/h11-12,14,16H,5-10H2,1-4H3/t12-/m1/s1. The molecule has 6 heteroatoms. The third-order valence-electron chi connectivity index (χ3n) is 3.41. The molecule has 0 saturated carbocycles. The fourth-order valence-corrected chi connectivity index (χ4v) is 3.21. The van der Waals surface area contributed by atoms with E-state index in [1.54, 1.807) is 27.7 Å². The van der Waals surface area contributed by atoms with E-state index in [0.717, 1.165) is 25.9 Å². The van der Waals surface area contributed by atoms with Crippen LogP contribution in [0.1, 0.15) is 40.5 Å². The van der Waals surface area contributed by atoms with Gasteiger partial charge in [0.1, 0.15) is 0 Å². The second kappa shape index (κ2) is 6.52. The average molecular weight is 292 g/mol. The zero-order valence-corrected chi connectivity index (χ0v) is 13.3. The molecule has 0 amide bonds. The summed E-state index contributed by atoms with van der Waals surface area (Å²) in [4.78, 5) is 2.22. The second-order valence-corrected chi connectivity index (χ2v) is 8.82. The van der Waals surface area contributed by atoms with Gasteiger partial charge < -0.3 is 10.0 Å². The molecule has 1 rings (SSSR count). The van der Waals surface area contributed by atoms with Crippen LogP contribution in [0.25, 0.3) is 0 Å². The van der Waals surface area contributed by atoms with Crippen LogP contribution in [-0.4, -0.2) is 55.5 Å². The molecule has 1 fully saturated rings. The Hall–Kier alpha value is -0.170. The molecule has 1 atom stereocenters. The SMILES string of the molecule is CC(C)S(=O)(=O)NC[C@H]1CCCN(CC(C)(C)O)C1. The van der Waals surface area contributed by atoms with Gasteiger partial charge in [-0.05, 0) is 53.0 Å². The summed E-state index contributed by atoms with van der Waals surface area (Å²) < 4.78 is 26.1. The minimum atomic E-state index is -3.17. The topological polar surface area (TPSA) is 69.6 Å². The van der Waals surface area contributed by atoms with Crippen molar-refractivity contribution >= 4 is 10.0 Å². The third kappa shape index (κ3) is 6.21. The summed E-state index contributed by atoms with van der Waals surface area (Å²) in [5.41, 5.74) is -0.695. The lowest BCUT2D eigenvalue weighted by Gasteiger charge is -2.36. The molecule has 5 nitrogen and oxygen atoms in total. The van der Waals surface area contributed by atoms with Gasteiger partial charge in [0.15, 0.2) is 0 Å². The number of aliphatic hydroxyl groups is 1.